The maximum absolute atomic E-state index is 12.2. The first-order valence-electron chi connectivity index (χ1n) is 11.4. The summed E-state index contributed by atoms with van der Waals surface area (Å²) < 4.78 is 17.0. The number of anilines is 3. The molecule has 11 nitrogen and oxygen atoms in total. The van der Waals surface area contributed by atoms with E-state index in [2.05, 4.69) is 25.9 Å². The minimum absolute atomic E-state index is 0.168. The molecule has 0 aliphatic rings. The molecule has 0 spiro atoms. The van der Waals surface area contributed by atoms with Gasteiger partial charge in [0.05, 0.1) is 24.9 Å². The number of nitrogens with one attached hydrogen (secondary N) is 3. The highest BCUT2D eigenvalue weighted by Gasteiger charge is 2.18. The fourth-order valence-electron chi connectivity index (χ4n) is 3.74. The summed E-state index contributed by atoms with van der Waals surface area (Å²) in [5, 5.41) is 9.28. The van der Waals surface area contributed by atoms with Gasteiger partial charge in [-0.15, -0.1) is 0 Å². The number of carbonyl (C=O) groups is 2. The molecule has 0 aliphatic heterocycles. The zero-order chi connectivity index (χ0) is 26.5. The Kier molecular flexibility index (Phi) is 7.54. The van der Waals surface area contributed by atoms with Crippen molar-refractivity contribution in [2.24, 2.45) is 0 Å². The molecule has 3 N–H and O–H groups in total. The lowest BCUT2D eigenvalue weighted by Gasteiger charge is -2.14. The molecule has 37 heavy (non-hydrogen) atoms. The van der Waals surface area contributed by atoms with E-state index in [0.717, 1.165) is 0 Å². The van der Waals surface area contributed by atoms with E-state index in [1.165, 1.54) is 7.11 Å². The third-order valence-electron chi connectivity index (χ3n) is 5.33. The van der Waals surface area contributed by atoms with Crippen LogP contribution in [0.1, 0.15) is 16.1 Å². The molecule has 4 rings (SSSR count). The van der Waals surface area contributed by atoms with Crippen LogP contribution in [0.5, 0.6) is 17.4 Å². The second-order valence-electron chi connectivity index (χ2n) is 8.42. The Morgan fingerprint density at radius 3 is 2.65 bits per heavy atom. The number of hydrogen-bond acceptors (Lipinski definition) is 9. The minimum Gasteiger partial charge on any atom is -0.495 e. The van der Waals surface area contributed by atoms with E-state index in [1.807, 2.05) is 14.1 Å². The quantitative estimate of drug-likeness (QED) is 0.310. The van der Waals surface area contributed by atoms with Crippen molar-refractivity contribution in [1.82, 2.24) is 20.2 Å². The molecule has 0 saturated carbocycles. The molecule has 4 aromatic rings. The number of ether oxygens (including phenoxy) is 2. The Morgan fingerprint density at radius 1 is 1.11 bits per heavy atom. The van der Waals surface area contributed by atoms with Gasteiger partial charge in [0.1, 0.15) is 22.8 Å². The summed E-state index contributed by atoms with van der Waals surface area (Å²) in [7, 11) is 6.75. The molecule has 2 aromatic carbocycles. The van der Waals surface area contributed by atoms with Gasteiger partial charge in [-0.3, -0.25) is 9.59 Å². The molecule has 0 bridgehead atoms. The maximum Gasteiger partial charge on any atom is 0.255 e. The number of methoxy groups -OCH3 is 1. The minimum atomic E-state index is -0.213. The van der Waals surface area contributed by atoms with E-state index < -0.39 is 0 Å². The highest BCUT2D eigenvalue weighted by Crippen LogP contribution is 2.32. The van der Waals surface area contributed by atoms with E-state index in [1.54, 1.807) is 67.5 Å². The van der Waals surface area contributed by atoms with Crippen molar-refractivity contribution < 1.29 is 23.5 Å². The monoisotopic (exact) mass is 504 g/mol. The molecular weight excluding hydrogens is 476 g/mol. The predicted molar refractivity (Wildman–Crippen MR) is 140 cm³/mol. The number of hydrogen-bond donors (Lipinski definition) is 3. The molecule has 2 aromatic heterocycles. The van der Waals surface area contributed by atoms with Gasteiger partial charge in [0, 0.05) is 36.5 Å². The van der Waals surface area contributed by atoms with Gasteiger partial charge in [0.25, 0.3) is 5.91 Å². The Balaban J connectivity index is 1.52. The Hall–Kier alpha value is -4.64. The van der Waals surface area contributed by atoms with Crippen molar-refractivity contribution in [3.8, 4) is 17.4 Å². The zero-order valence-corrected chi connectivity index (χ0v) is 21.2. The first kappa shape index (κ1) is 25.5. The third-order valence-corrected chi connectivity index (χ3v) is 5.33. The number of aromatic nitrogens is 2. The zero-order valence-electron chi connectivity index (χ0n) is 21.2. The Bertz CT molecular complexity index is 1450. The van der Waals surface area contributed by atoms with Crippen molar-refractivity contribution in [3.05, 3.63) is 60.0 Å². The summed E-state index contributed by atoms with van der Waals surface area (Å²) >= 11 is 0. The molecule has 192 valence electrons. The molecule has 0 atom stereocenters. The lowest BCUT2D eigenvalue weighted by atomic mass is 10.1. The second-order valence-corrected chi connectivity index (χ2v) is 8.42. The van der Waals surface area contributed by atoms with Gasteiger partial charge < -0.3 is 34.7 Å². The molecular formula is C26H28N6O5. The number of rotatable bonds is 9. The summed E-state index contributed by atoms with van der Waals surface area (Å²) in [4.78, 5) is 34.8. The van der Waals surface area contributed by atoms with Gasteiger partial charge in [-0.1, -0.05) is 0 Å². The first-order chi connectivity index (χ1) is 17.8. The van der Waals surface area contributed by atoms with Crippen molar-refractivity contribution in [3.63, 3.8) is 0 Å². The van der Waals surface area contributed by atoms with Crippen LogP contribution in [0.4, 0.5) is 17.3 Å². The standard InChI is InChI=1S/C26H28N6O5/c1-15-24(25(34)27-2)18-8-7-17(13-21(18)36-15)37-23-10-11-28-26(31-23)29-16-6-9-20(35-5)19(12-16)30-22(33)14-32(3)4/h6-13H,14H2,1-5H3,(H,27,34)(H,30,33)(H,28,29,31). The second kappa shape index (κ2) is 11.0. The van der Waals surface area contributed by atoms with E-state index in [4.69, 9.17) is 13.9 Å². The van der Waals surface area contributed by atoms with E-state index >= 15 is 0 Å². The molecule has 0 unspecified atom stereocenters. The Morgan fingerprint density at radius 2 is 1.92 bits per heavy atom. The third kappa shape index (κ3) is 5.96. The van der Waals surface area contributed by atoms with Gasteiger partial charge >= 0.3 is 0 Å². The van der Waals surface area contributed by atoms with E-state index in [-0.39, 0.29) is 18.4 Å². The van der Waals surface area contributed by atoms with Gasteiger partial charge in [0.2, 0.25) is 17.7 Å². The molecule has 0 saturated heterocycles. The SMILES string of the molecule is CNC(=O)c1c(C)oc2cc(Oc3ccnc(Nc4ccc(OC)c(NC(=O)CN(C)C)c4)n3)ccc12. The molecule has 0 fully saturated rings. The lowest BCUT2D eigenvalue weighted by molar-refractivity contribution is -0.116. The van der Waals surface area contributed by atoms with Crippen LogP contribution in [0.15, 0.2) is 53.1 Å². The van der Waals surface area contributed by atoms with Crippen LogP contribution >= 0.6 is 0 Å². The molecule has 2 heterocycles. The number of furan rings is 1. The van der Waals surface area contributed by atoms with Crippen LogP contribution < -0.4 is 25.4 Å². The van der Waals surface area contributed by atoms with Crippen LogP contribution in [0.25, 0.3) is 11.0 Å². The van der Waals surface area contributed by atoms with Crippen molar-refractivity contribution in [2.75, 3.05) is 45.4 Å². The molecule has 11 heteroatoms. The van der Waals surface area contributed by atoms with Gasteiger partial charge in [-0.05, 0) is 51.4 Å². The Labute approximate surface area is 213 Å². The smallest absolute Gasteiger partial charge is 0.255 e. The van der Waals surface area contributed by atoms with Gasteiger partial charge in [0.15, 0.2) is 0 Å². The average Bonchev–Trinajstić information content (AvgIpc) is 3.18. The summed E-state index contributed by atoms with van der Waals surface area (Å²) in [6, 6.07) is 12.1. The predicted octanol–water partition coefficient (Wildman–Crippen LogP) is 3.94. The topological polar surface area (TPSA) is 131 Å². The highest BCUT2D eigenvalue weighted by molar-refractivity contribution is 6.07. The summed E-state index contributed by atoms with van der Waals surface area (Å²) in [6.07, 6.45) is 1.56. The molecule has 0 radical (unpaired) electrons. The molecule has 2 amide bonds. The fraction of sp³-hybridized carbons (Fsp3) is 0.231. The average molecular weight is 505 g/mol. The number of aryl methyl sites for hydroxylation is 1. The largest absolute Gasteiger partial charge is 0.495 e. The van der Waals surface area contributed by atoms with Gasteiger partial charge in [-0.25, -0.2) is 4.98 Å². The fourth-order valence-corrected chi connectivity index (χ4v) is 3.74. The summed E-state index contributed by atoms with van der Waals surface area (Å²) in [5.41, 5.74) is 2.19. The van der Waals surface area contributed by atoms with Gasteiger partial charge in [-0.2, -0.15) is 4.98 Å². The highest BCUT2D eigenvalue weighted by atomic mass is 16.5. The van der Waals surface area contributed by atoms with Crippen LogP contribution in [0.2, 0.25) is 0 Å². The van der Waals surface area contributed by atoms with E-state index in [0.29, 0.717) is 57.0 Å². The van der Waals surface area contributed by atoms with E-state index in [9.17, 15) is 9.59 Å². The molecule has 0 aliphatic carbocycles. The van der Waals surface area contributed by atoms with Crippen LogP contribution in [-0.2, 0) is 4.79 Å². The normalized spacial score (nSPS) is 10.9. The maximum atomic E-state index is 12.2. The van der Waals surface area contributed by atoms with Crippen LogP contribution in [-0.4, -0.2) is 61.5 Å². The van der Waals surface area contributed by atoms with Crippen molar-refractivity contribution >= 4 is 40.1 Å². The number of amides is 2. The van der Waals surface area contributed by atoms with Crippen LogP contribution in [0, 0.1) is 6.92 Å². The summed E-state index contributed by atoms with van der Waals surface area (Å²) in [6.45, 7) is 1.98. The van der Waals surface area contributed by atoms with Crippen LogP contribution in [0.3, 0.4) is 0 Å². The number of likely N-dealkylation sites (N-methyl/N-ethyl adjacent to an activating group) is 1. The number of fused-ring (bicyclic) bond motifs is 1. The summed E-state index contributed by atoms with van der Waals surface area (Å²) in [5.74, 6) is 1.76. The first-order valence-corrected chi connectivity index (χ1v) is 11.4. The lowest BCUT2D eigenvalue weighted by Crippen LogP contribution is -2.27. The van der Waals surface area contributed by atoms with Crippen molar-refractivity contribution in [1.29, 1.82) is 0 Å². The van der Waals surface area contributed by atoms with Crippen molar-refractivity contribution in [2.45, 2.75) is 6.92 Å². The number of nitrogens with zero attached hydrogens (tertiary/aromatic N) is 3. The number of carbonyl (C=O) groups excluding carboxylic acids is 2. The number of benzene rings is 2.